The summed E-state index contributed by atoms with van der Waals surface area (Å²) >= 11 is 6.79. The fourth-order valence-electron chi connectivity index (χ4n) is 2.64. The molecule has 0 spiro atoms. The van der Waals surface area contributed by atoms with Gasteiger partial charge in [-0.2, -0.15) is 0 Å². The van der Waals surface area contributed by atoms with Gasteiger partial charge in [-0.1, -0.05) is 24.0 Å². The third kappa shape index (κ3) is 8.02. The number of esters is 3. The topological polar surface area (TPSA) is 91.4 Å². The summed E-state index contributed by atoms with van der Waals surface area (Å²) in [6, 6.07) is 0. The van der Waals surface area contributed by atoms with Crippen molar-refractivity contribution in [1.82, 2.24) is 4.90 Å². The average Bonchev–Trinajstić information content (AvgIpc) is 2.55. The minimum absolute atomic E-state index is 0.125. The van der Waals surface area contributed by atoms with Gasteiger partial charge in [-0.15, -0.1) is 0 Å². The Bertz CT molecular complexity index is 553. The quantitative estimate of drug-likeness (QED) is 0.345. The predicted octanol–water partition coefficient (Wildman–Crippen LogP) is 1.89. The first-order chi connectivity index (χ1) is 12.7. The normalized spacial score (nSPS) is 24.6. The predicted molar refractivity (Wildman–Crippen MR) is 104 cm³/mol. The summed E-state index contributed by atoms with van der Waals surface area (Å²) in [5, 5.41) is 0. The van der Waals surface area contributed by atoms with E-state index < -0.39 is 41.7 Å². The molecular formula is C17H27NO7S2. The van der Waals surface area contributed by atoms with Gasteiger partial charge in [-0.3, -0.25) is 14.4 Å². The van der Waals surface area contributed by atoms with Gasteiger partial charge in [-0.05, 0) is 13.8 Å². The third-order valence-electron chi connectivity index (χ3n) is 3.81. The van der Waals surface area contributed by atoms with Crippen LogP contribution < -0.4 is 0 Å². The zero-order valence-electron chi connectivity index (χ0n) is 16.3. The lowest BCUT2D eigenvalue weighted by Gasteiger charge is -2.40. The number of nitrogens with zero attached hydrogens (tertiary/aromatic N) is 1. The van der Waals surface area contributed by atoms with Crippen LogP contribution in [0.25, 0.3) is 0 Å². The second-order valence-corrected chi connectivity index (χ2v) is 7.71. The minimum atomic E-state index is -0.871. The highest BCUT2D eigenvalue weighted by atomic mass is 32.2. The van der Waals surface area contributed by atoms with E-state index in [1.807, 2.05) is 18.7 Å². The van der Waals surface area contributed by atoms with E-state index in [-0.39, 0.29) is 6.61 Å². The highest BCUT2D eigenvalue weighted by molar-refractivity contribution is 8.23. The molecule has 0 unspecified atom stereocenters. The van der Waals surface area contributed by atoms with Crippen molar-refractivity contribution in [3.63, 3.8) is 0 Å². The highest BCUT2D eigenvalue weighted by Crippen LogP contribution is 2.33. The minimum Gasteiger partial charge on any atom is -0.463 e. The van der Waals surface area contributed by atoms with Crippen LogP contribution >= 0.6 is 24.0 Å². The number of carbonyl (C=O) groups is 3. The Morgan fingerprint density at radius 3 is 2.15 bits per heavy atom. The zero-order chi connectivity index (χ0) is 20.6. The van der Waals surface area contributed by atoms with Gasteiger partial charge in [0.15, 0.2) is 6.10 Å². The first-order valence-electron chi connectivity index (χ1n) is 8.76. The van der Waals surface area contributed by atoms with Crippen LogP contribution in [-0.4, -0.2) is 70.6 Å². The molecule has 0 aromatic carbocycles. The Morgan fingerprint density at radius 1 is 1.07 bits per heavy atom. The average molecular weight is 422 g/mol. The van der Waals surface area contributed by atoms with Gasteiger partial charge >= 0.3 is 17.9 Å². The third-order valence-corrected chi connectivity index (χ3v) is 5.38. The van der Waals surface area contributed by atoms with Crippen molar-refractivity contribution in [2.75, 3.05) is 19.7 Å². The van der Waals surface area contributed by atoms with E-state index >= 15 is 0 Å². The second kappa shape index (κ2) is 11.5. The lowest BCUT2D eigenvalue weighted by molar-refractivity contribution is -0.204. The van der Waals surface area contributed by atoms with Crippen molar-refractivity contribution < 1.29 is 33.3 Å². The van der Waals surface area contributed by atoms with Gasteiger partial charge in [-0.25, -0.2) is 0 Å². The van der Waals surface area contributed by atoms with Crippen LogP contribution in [-0.2, 0) is 33.3 Å². The molecule has 4 atom stereocenters. The van der Waals surface area contributed by atoms with Crippen molar-refractivity contribution in [1.29, 1.82) is 0 Å². The smallest absolute Gasteiger partial charge is 0.303 e. The Labute approximate surface area is 169 Å². The fraction of sp³-hybridized carbons (Fsp3) is 0.765. The number of hydrogen-bond donors (Lipinski definition) is 0. The molecule has 8 nitrogen and oxygen atoms in total. The molecule has 1 saturated heterocycles. The lowest BCUT2D eigenvalue weighted by Crippen LogP contribution is -2.53. The molecule has 1 fully saturated rings. The maximum atomic E-state index is 11.5. The summed E-state index contributed by atoms with van der Waals surface area (Å²) in [5.74, 6) is -1.53. The van der Waals surface area contributed by atoms with Crippen molar-refractivity contribution in [2.24, 2.45) is 0 Å². The number of thioether (sulfide) groups is 1. The molecule has 0 bridgehead atoms. The Hall–Kier alpha value is -1.39. The summed E-state index contributed by atoms with van der Waals surface area (Å²) in [4.78, 5) is 36.2. The second-order valence-electron chi connectivity index (χ2n) is 5.92. The lowest BCUT2D eigenvalue weighted by atomic mass is 10.0. The maximum Gasteiger partial charge on any atom is 0.303 e. The molecule has 1 heterocycles. The molecule has 0 radical (unpaired) electrons. The van der Waals surface area contributed by atoms with Crippen LogP contribution in [0.4, 0.5) is 0 Å². The van der Waals surface area contributed by atoms with Gasteiger partial charge in [0.2, 0.25) is 0 Å². The largest absolute Gasteiger partial charge is 0.463 e. The van der Waals surface area contributed by atoms with Crippen LogP contribution in [0.3, 0.4) is 0 Å². The van der Waals surface area contributed by atoms with E-state index in [9.17, 15) is 14.4 Å². The van der Waals surface area contributed by atoms with Gasteiger partial charge in [0.05, 0.1) is 0 Å². The summed E-state index contributed by atoms with van der Waals surface area (Å²) < 4.78 is 22.3. The van der Waals surface area contributed by atoms with Crippen LogP contribution in [0.1, 0.15) is 41.0 Å². The van der Waals surface area contributed by atoms with E-state index in [1.165, 1.54) is 32.5 Å². The molecule has 0 aliphatic carbocycles. The monoisotopic (exact) mass is 421 g/mol. The van der Waals surface area contributed by atoms with Crippen LogP contribution in [0, 0.1) is 0 Å². The van der Waals surface area contributed by atoms with Gasteiger partial charge in [0.25, 0.3) is 0 Å². The van der Waals surface area contributed by atoms with Crippen molar-refractivity contribution >= 4 is 46.2 Å². The van der Waals surface area contributed by atoms with Gasteiger partial charge in [0, 0.05) is 40.3 Å². The summed E-state index contributed by atoms with van der Waals surface area (Å²) in [6.45, 7) is 9.20. The molecule has 0 aromatic rings. The molecule has 154 valence electrons. The number of ether oxygens (including phenoxy) is 4. The SMILES string of the molecule is CCN(CC)C(=S)S[C@@H]1C[C@@H](OC(C)=O)[C@H](OC(C)=O)[C@@H](COC(C)=O)O1. The van der Waals surface area contributed by atoms with Crippen LogP contribution in [0.2, 0.25) is 0 Å². The molecule has 27 heavy (non-hydrogen) atoms. The summed E-state index contributed by atoms with van der Waals surface area (Å²) in [6.07, 6.45) is -2.07. The summed E-state index contributed by atoms with van der Waals surface area (Å²) in [5.41, 5.74) is -0.435. The standard InChI is InChI=1S/C17H27NO7S2/c1-6-18(7-2)17(26)27-15-8-13(23-11(4)20)16(24-12(5)21)14(25-15)9-22-10(3)19/h13-16H,6-9H2,1-5H3/t13-,14-,15-,16+/m1/s1. The van der Waals surface area contributed by atoms with E-state index in [1.54, 1.807) is 0 Å². The Morgan fingerprint density at radius 2 is 1.67 bits per heavy atom. The van der Waals surface area contributed by atoms with Crippen LogP contribution in [0.5, 0.6) is 0 Å². The Kier molecular flexibility index (Phi) is 10.0. The molecule has 0 aromatic heterocycles. The molecule has 1 rings (SSSR count). The number of thiocarbonyl (C=S) groups is 1. The van der Waals surface area contributed by atoms with E-state index in [2.05, 4.69) is 0 Å². The fourth-order valence-corrected chi connectivity index (χ4v) is 4.34. The number of hydrogen-bond acceptors (Lipinski definition) is 9. The van der Waals surface area contributed by atoms with E-state index in [0.29, 0.717) is 10.7 Å². The molecule has 0 N–H and O–H groups in total. The summed E-state index contributed by atoms with van der Waals surface area (Å²) in [7, 11) is 0. The number of carbonyl (C=O) groups excluding carboxylic acids is 3. The van der Waals surface area contributed by atoms with Crippen LogP contribution in [0.15, 0.2) is 0 Å². The van der Waals surface area contributed by atoms with Crippen molar-refractivity contribution in [2.45, 2.75) is 64.8 Å². The first-order valence-corrected chi connectivity index (χ1v) is 10.0. The molecule has 0 amide bonds. The Balaban J connectivity index is 2.98. The first kappa shape index (κ1) is 23.6. The molecule has 1 aliphatic heterocycles. The molecule has 10 heteroatoms. The van der Waals surface area contributed by atoms with E-state index in [4.69, 9.17) is 31.2 Å². The molecule has 1 aliphatic rings. The zero-order valence-corrected chi connectivity index (χ0v) is 17.9. The highest BCUT2D eigenvalue weighted by Gasteiger charge is 2.44. The maximum absolute atomic E-state index is 11.5. The van der Waals surface area contributed by atoms with Gasteiger partial charge in [0.1, 0.15) is 28.6 Å². The molecular weight excluding hydrogens is 394 g/mol. The van der Waals surface area contributed by atoms with Gasteiger partial charge < -0.3 is 23.8 Å². The molecule has 0 saturated carbocycles. The van der Waals surface area contributed by atoms with E-state index in [0.717, 1.165) is 13.1 Å². The van der Waals surface area contributed by atoms with Crippen molar-refractivity contribution in [3.8, 4) is 0 Å². The van der Waals surface area contributed by atoms with Crippen molar-refractivity contribution in [3.05, 3.63) is 0 Å². The number of rotatable bonds is 7.